The molecule has 2 amide bonds. The van der Waals surface area contributed by atoms with E-state index in [2.05, 4.69) is 10.9 Å². The van der Waals surface area contributed by atoms with Gasteiger partial charge in [0.05, 0.1) is 17.6 Å². The summed E-state index contributed by atoms with van der Waals surface area (Å²) in [7, 11) is 0. The zero-order valence-electron chi connectivity index (χ0n) is 10.9. The lowest BCUT2D eigenvalue weighted by molar-refractivity contribution is -0.119. The minimum absolute atomic E-state index is 0.231. The second kappa shape index (κ2) is 6.81. The van der Waals surface area contributed by atoms with Gasteiger partial charge in [-0.15, -0.1) is 11.8 Å². The Balaban J connectivity index is 1.75. The van der Waals surface area contributed by atoms with Crippen molar-refractivity contribution < 1.29 is 14.0 Å². The minimum atomic E-state index is -0.394. The van der Waals surface area contributed by atoms with Gasteiger partial charge in [-0.25, -0.2) is 0 Å². The maximum atomic E-state index is 11.7. The summed E-state index contributed by atoms with van der Waals surface area (Å²) in [5.41, 5.74) is 5.12. The van der Waals surface area contributed by atoms with Crippen molar-refractivity contribution in [3.63, 3.8) is 0 Å². The number of hydrogen-bond acceptors (Lipinski definition) is 4. The number of carbonyl (C=O) groups is 2. The fourth-order valence-corrected chi connectivity index (χ4v) is 2.24. The molecule has 1 aromatic carbocycles. The van der Waals surface area contributed by atoms with Crippen LogP contribution in [-0.4, -0.2) is 17.6 Å². The molecule has 0 saturated heterocycles. The minimum Gasteiger partial charge on any atom is -0.469 e. The number of furan rings is 1. The summed E-state index contributed by atoms with van der Waals surface area (Å²) in [4.78, 5) is 24.3. The first kappa shape index (κ1) is 14.2. The van der Waals surface area contributed by atoms with Crippen LogP contribution in [0.4, 0.5) is 0 Å². The van der Waals surface area contributed by atoms with Crippen molar-refractivity contribution >= 4 is 23.6 Å². The molecular weight excluding hydrogens is 276 g/mol. The summed E-state index contributed by atoms with van der Waals surface area (Å²) >= 11 is 1.40. The smallest absolute Gasteiger partial charge is 0.273 e. The molecule has 0 unspecified atom stereocenters. The third kappa shape index (κ3) is 3.89. The van der Waals surface area contributed by atoms with Crippen molar-refractivity contribution in [1.29, 1.82) is 0 Å². The zero-order chi connectivity index (χ0) is 14.4. The Hall–Kier alpha value is -2.21. The van der Waals surface area contributed by atoms with Gasteiger partial charge in [0.2, 0.25) is 5.91 Å². The van der Waals surface area contributed by atoms with E-state index in [0.29, 0.717) is 11.3 Å². The van der Waals surface area contributed by atoms with Crippen LogP contribution >= 0.6 is 11.8 Å². The van der Waals surface area contributed by atoms with E-state index in [1.807, 2.05) is 30.3 Å². The van der Waals surface area contributed by atoms with Crippen LogP contribution < -0.4 is 10.9 Å². The molecule has 2 aromatic rings. The fraction of sp³-hybridized carbons (Fsp3) is 0.143. The first-order valence-electron chi connectivity index (χ1n) is 5.98. The molecule has 0 aliphatic carbocycles. The molecule has 0 spiro atoms. The van der Waals surface area contributed by atoms with Gasteiger partial charge in [-0.3, -0.25) is 20.4 Å². The van der Waals surface area contributed by atoms with Crippen molar-refractivity contribution in [2.75, 3.05) is 5.75 Å². The van der Waals surface area contributed by atoms with Crippen LogP contribution in [-0.2, 0) is 4.79 Å². The van der Waals surface area contributed by atoms with Crippen LogP contribution in [0.15, 0.2) is 52.0 Å². The predicted molar refractivity (Wildman–Crippen MR) is 76.2 cm³/mol. The third-order valence-corrected chi connectivity index (χ3v) is 3.54. The monoisotopic (exact) mass is 290 g/mol. The number of aryl methyl sites for hydroxylation is 1. The summed E-state index contributed by atoms with van der Waals surface area (Å²) in [6.07, 6.45) is 1.43. The number of rotatable bonds is 4. The highest BCUT2D eigenvalue weighted by molar-refractivity contribution is 8.00. The molecule has 104 valence electrons. The Labute approximate surface area is 120 Å². The van der Waals surface area contributed by atoms with Gasteiger partial charge < -0.3 is 4.42 Å². The number of hydrazine groups is 1. The summed E-state index contributed by atoms with van der Waals surface area (Å²) < 4.78 is 5.02. The number of thioether (sulfide) groups is 1. The quantitative estimate of drug-likeness (QED) is 0.668. The molecule has 1 aromatic heterocycles. The van der Waals surface area contributed by atoms with Gasteiger partial charge in [-0.05, 0) is 25.1 Å². The maximum Gasteiger partial charge on any atom is 0.273 e. The molecule has 0 atom stereocenters. The van der Waals surface area contributed by atoms with Crippen LogP contribution in [0.5, 0.6) is 0 Å². The van der Waals surface area contributed by atoms with Gasteiger partial charge in [-0.1, -0.05) is 18.2 Å². The molecule has 0 aliphatic heterocycles. The van der Waals surface area contributed by atoms with Crippen molar-refractivity contribution in [3.05, 3.63) is 54.0 Å². The first-order valence-corrected chi connectivity index (χ1v) is 6.96. The van der Waals surface area contributed by atoms with Crippen LogP contribution in [0.1, 0.15) is 16.1 Å². The lowest BCUT2D eigenvalue weighted by atomic mass is 10.2. The molecular formula is C14H14N2O3S. The SMILES string of the molecule is Cc1occc1C(=O)NNC(=O)CSc1ccccc1. The second-order valence-corrected chi connectivity index (χ2v) is 5.04. The molecule has 20 heavy (non-hydrogen) atoms. The second-order valence-electron chi connectivity index (χ2n) is 3.99. The number of amides is 2. The van der Waals surface area contributed by atoms with Crippen molar-refractivity contribution in [2.24, 2.45) is 0 Å². The van der Waals surface area contributed by atoms with Gasteiger partial charge in [0.15, 0.2) is 0 Å². The van der Waals surface area contributed by atoms with Crippen LogP contribution in [0.25, 0.3) is 0 Å². The van der Waals surface area contributed by atoms with E-state index in [1.54, 1.807) is 13.0 Å². The van der Waals surface area contributed by atoms with Gasteiger partial charge in [0.1, 0.15) is 5.76 Å². The zero-order valence-corrected chi connectivity index (χ0v) is 11.7. The number of benzene rings is 1. The standard InChI is InChI=1S/C14H14N2O3S/c1-10-12(7-8-19-10)14(18)16-15-13(17)9-20-11-5-3-2-4-6-11/h2-8H,9H2,1H3,(H,15,17)(H,16,18). The van der Waals surface area contributed by atoms with Crippen LogP contribution in [0.3, 0.4) is 0 Å². The number of nitrogens with one attached hydrogen (secondary N) is 2. The van der Waals surface area contributed by atoms with E-state index in [9.17, 15) is 9.59 Å². The van der Waals surface area contributed by atoms with E-state index in [1.165, 1.54) is 18.0 Å². The van der Waals surface area contributed by atoms with E-state index in [4.69, 9.17) is 4.42 Å². The van der Waals surface area contributed by atoms with Crippen molar-refractivity contribution in [1.82, 2.24) is 10.9 Å². The average Bonchev–Trinajstić information content (AvgIpc) is 2.90. The fourth-order valence-electron chi connectivity index (χ4n) is 1.52. The van der Waals surface area contributed by atoms with Crippen LogP contribution in [0, 0.1) is 6.92 Å². The molecule has 5 nitrogen and oxygen atoms in total. The third-order valence-electron chi connectivity index (χ3n) is 2.53. The molecule has 2 N–H and O–H groups in total. The summed E-state index contributed by atoms with van der Waals surface area (Å²) in [5.74, 6) is 0.0763. The summed E-state index contributed by atoms with van der Waals surface area (Å²) in [6, 6.07) is 11.1. The molecule has 0 bridgehead atoms. The first-order chi connectivity index (χ1) is 9.66. The molecule has 0 saturated carbocycles. The highest BCUT2D eigenvalue weighted by atomic mass is 32.2. The highest BCUT2D eigenvalue weighted by Crippen LogP contribution is 2.16. The molecule has 0 radical (unpaired) electrons. The largest absolute Gasteiger partial charge is 0.469 e. The average molecular weight is 290 g/mol. The van der Waals surface area contributed by atoms with Gasteiger partial charge in [0.25, 0.3) is 5.91 Å². The van der Waals surface area contributed by atoms with E-state index < -0.39 is 5.91 Å². The van der Waals surface area contributed by atoms with E-state index >= 15 is 0 Å². The Morgan fingerprint density at radius 1 is 1.15 bits per heavy atom. The predicted octanol–water partition coefficient (Wildman–Crippen LogP) is 2.14. The van der Waals surface area contributed by atoms with Gasteiger partial charge in [-0.2, -0.15) is 0 Å². The molecule has 0 fully saturated rings. The topological polar surface area (TPSA) is 71.3 Å². The lowest BCUT2D eigenvalue weighted by Crippen LogP contribution is -2.42. The number of carbonyl (C=O) groups excluding carboxylic acids is 2. The molecule has 0 aliphatic rings. The molecule has 1 heterocycles. The normalized spacial score (nSPS) is 10.1. The maximum absolute atomic E-state index is 11.7. The van der Waals surface area contributed by atoms with Gasteiger partial charge in [0, 0.05) is 4.90 Å². The van der Waals surface area contributed by atoms with Crippen LogP contribution in [0.2, 0.25) is 0 Å². The van der Waals surface area contributed by atoms with Gasteiger partial charge >= 0.3 is 0 Å². The summed E-state index contributed by atoms with van der Waals surface area (Å²) in [5, 5.41) is 0. The Morgan fingerprint density at radius 2 is 1.90 bits per heavy atom. The molecule has 6 heteroatoms. The lowest BCUT2D eigenvalue weighted by Gasteiger charge is -2.06. The van der Waals surface area contributed by atoms with Crippen molar-refractivity contribution in [2.45, 2.75) is 11.8 Å². The van der Waals surface area contributed by atoms with E-state index in [-0.39, 0.29) is 11.7 Å². The Bertz CT molecular complexity index is 595. The Morgan fingerprint density at radius 3 is 2.55 bits per heavy atom. The highest BCUT2D eigenvalue weighted by Gasteiger charge is 2.12. The molecule has 2 rings (SSSR count). The van der Waals surface area contributed by atoms with Crippen molar-refractivity contribution in [3.8, 4) is 0 Å². The summed E-state index contributed by atoms with van der Waals surface area (Å²) in [6.45, 7) is 1.68. The van der Waals surface area contributed by atoms with E-state index in [0.717, 1.165) is 4.90 Å². The Kier molecular flexibility index (Phi) is 4.84. The number of hydrogen-bond donors (Lipinski definition) is 2.